The fraction of sp³-hybridized carbons (Fsp3) is 0.348. The number of aromatic nitrogens is 1. The van der Waals surface area contributed by atoms with E-state index in [-0.39, 0.29) is 12.0 Å². The van der Waals surface area contributed by atoms with Crippen molar-refractivity contribution in [1.29, 1.82) is 0 Å². The second kappa shape index (κ2) is 8.57. The van der Waals surface area contributed by atoms with Crippen molar-refractivity contribution in [3.05, 3.63) is 70.4 Å². The number of hydrogen-bond acceptors (Lipinski definition) is 3. The Morgan fingerprint density at radius 2 is 2.00 bits per heavy atom. The predicted molar refractivity (Wildman–Crippen MR) is 116 cm³/mol. The van der Waals surface area contributed by atoms with Crippen LogP contribution in [0.2, 0.25) is 5.02 Å². The second-order valence-electron chi connectivity index (χ2n) is 7.66. The first-order chi connectivity index (χ1) is 14.0. The highest BCUT2D eigenvalue weighted by molar-refractivity contribution is 6.38. The first kappa shape index (κ1) is 20.0. The minimum Gasteiger partial charge on any atom is -0.376 e. The maximum Gasteiger partial charge on any atom is 0.269 e. The van der Waals surface area contributed by atoms with Crippen molar-refractivity contribution < 1.29 is 9.53 Å². The molecular formula is C23H26ClN3O2. The van der Waals surface area contributed by atoms with Crippen LogP contribution in [0.1, 0.15) is 28.5 Å². The molecule has 152 valence electrons. The fourth-order valence-corrected chi connectivity index (χ4v) is 4.37. The van der Waals surface area contributed by atoms with Crippen LogP contribution in [0.3, 0.4) is 0 Å². The van der Waals surface area contributed by atoms with Crippen molar-refractivity contribution in [2.24, 2.45) is 7.05 Å². The summed E-state index contributed by atoms with van der Waals surface area (Å²) < 4.78 is 7.47. The van der Waals surface area contributed by atoms with E-state index in [0.29, 0.717) is 17.3 Å². The van der Waals surface area contributed by atoms with Crippen molar-refractivity contribution >= 4 is 28.4 Å². The highest BCUT2D eigenvalue weighted by Crippen LogP contribution is 2.29. The monoisotopic (exact) mass is 411 g/mol. The van der Waals surface area contributed by atoms with E-state index in [9.17, 15) is 4.79 Å². The Kier molecular flexibility index (Phi) is 5.90. The molecule has 1 unspecified atom stereocenters. The SMILES string of the molecule is CC1CN(Cc2cccc(CNC(=O)c3c(Cl)c4ccccc4n3C)c2)CCO1. The number of para-hydroxylation sites is 1. The average Bonchev–Trinajstić information content (AvgIpc) is 2.97. The molecule has 1 atom stereocenters. The van der Waals surface area contributed by atoms with Gasteiger partial charge in [0.05, 0.1) is 17.7 Å². The highest BCUT2D eigenvalue weighted by atomic mass is 35.5. The maximum absolute atomic E-state index is 12.8. The number of rotatable bonds is 5. The molecule has 4 rings (SSSR count). The topological polar surface area (TPSA) is 46.5 Å². The fourth-order valence-electron chi connectivity index (χ4n) is 4.00. The van der Waals surface area contributed by atoms with E-state index in [1.165, 1.54) is 5.56 Å². The van der Waals surface area contributed by atoms with Gasteiger partial charge in [-0.3, -0.25) is 9.69 Å². The van der Waals surface area contributed by atoms with Crippen LogP contribution in [0.25, 0.3) is 10.9 Å². The summed E-state index contributed by atoms with van der Waals surface area (Å²) in [5.41, 5.74) is 3.76. The summed E-state index contributed by atoms with van der Waals surface area (Å²) in [6, 6.07) is 16.1. The summed E-state index contributed by atoms with van der Waals surface area (Å²) in [6.45, 7) is 6.14. The molecular weight excluding hydrogens is 386 g/mol. The number of aryl methyl sites for hydroxylation is 1. The van der Waals surface area contributed by atoms with E-state index in [4.69, 9.17) is 16.3 Å². The Hall–Kier alpha value is -2.34. The first-order valence-corrected chi connectivity index (χ1v) is 10.3. The quantitative estimate of drug-likeness (QED) is 0.690. The lowest BCUT2D eigenvalue weighted by molar-refractivity contribution is -0.0212. The molecule has 3 aromatic rings. The molecule has 6 heteroatoms. The van der Waals surface area contributed by atoms with Crippen LogP contribution in [0.5, 0.6) is 0 Å². The Bertz CT molecular complexity index is 991. The summed E-state index contributed by atoms with van der Waals surface area (Å²) in [6.07, 6.45) is 0.275. The molecule has 1 saturated heterocycles. The van der Waals surface area contributed by atoms with Gasteiger partial charge < -0.3 is 14.6 Å². The second-order valence-corrected chi connectivity index (χ2v) is 8.04. The predicted octanol–water partition coefficient (Wildman–Crippen LogP) is 3.98. The molecule has 1 aromatic heterocycles. The van der Waals surface area contributed by atoms with Crippen LogP contribution in [-0.4, -0.2) is 41.2 Å². The number of nitrogens with zero attached hydrogens (tertiary/aromatic N) is 2. The third-order valence-corrected chi connectivity index (χ3v) is 5.82. The number of nitrogens with one attached hydrogen (secondary N) is 1. The zero-order chi connectivity index (χ0) is 20.4. The lowest BCUT2D eigenvalue weighted by Gasteiger charge is -2.31. The largest absolute Gasteiger partial charge is 0.376 e. The average molecular weight is 412 g/mol. The van der Waals surface area contributed by atoms with Crippen molar-refractivity contribution in [3.63, 3.8) is 0 Å². The summed E-state index contributed by atoms with van der Waals surface area (Å²) in [7, 11) is 1.87. The van der Waals surface area contributed by atoms with Crippen molar-refractivity contribution in [2.75, 3.05) is 19.7 Å². The number of halogens is 1. The van der Waals surface area contributed by atoms with Gasteiger partial charge in [0.15, 0.2) is 0 Å². The molecule has 2 aromatic carbocycles. The van der Waals surface area contributed by atoms with Gasteiger partial charge in [-0.1, -0.05) is 54.1 Å². The van der Waals surface area contributed by atoms with Crippen molar-refractivity contribution in [2.45, 2.75) is 26.1 Å². The number of carbonyl (C=O) groups is 1. The van der Waals surface area contributed by atoms with Crippen molar-refractivity contribution in [1.82, 2.24) is 14.8 Å². The van der Waals surface area contributed by atoms with E-state index in [2.05, 4.69) is 29.3 Å². The molecule has 29 heavy (non-hydrogen) atoms. The zero-order valence-electron chi connectivity index (χ0n) is 16.8. The molecule has 0 spiro atoms. The van der Waals surface area contributed by atoms with Gasteiger partial charge in [-0.2, -0.15) is 0 Å². The van der Waals surface area contributed by atoms with E-state index >= 15 is 0 Å². The Balaban J connectivity index is 1.43. The minimum atomic E-state index is -0.166. The lowest BCUT2D eigenvalue weighted by Crippen LogP contribution is -2.40. The Morgan fingerprint density at radius 3 is 2.79 bits per heavy atom. The molecule has 5 nitrogen and oxygen atoms in total. The van der Waals surface area contributed by atoms with Gasteiger partial charge in [0.25, 0.3) is 5.91 Å². The smallest absolute Gasteiger partial charge is 0.269 e. The molecule has 1 N–H and O–H groups in total. The molecule has 0 bridgehead atoms. The van der Waals surface area contributed by atoms with E-state index in [1.807, 2.05) is 48.0 Å². The van der Waals surface area contributed by atoms with Crippen LogP contribution in [0, 0.1) is 0 Å². The van der Waals surface area contributed by atoms with Crippen LogP contribution in [0.15, 0.2) is 48.5 Å². The zero-order valence-corrected chi connectivity index (χ0v) is 17.6. The molecule has 0 saturated carbocycles. The summed E-state index contributed by atoms with van der Waals surface area (Å²) in [5, 5.41) is 4.41. The molecule has 1 aliphatic rings. The van der Waals surface area contributed by atoms with Crippen LogP contribution < -0.4 is 5.32 Å². The number of hydrogen-bond donors (Lipinski definition) is 1. The first-order valence-electron chi connectivity index (χ1n) is 9.96. The van der Waals surface area contributed by atoms with Gasteiger partial charge in [0, 0.05) is 44.1 Å². The number of amides is 1. The highest BCUT2D eigenvalue weighted by Gasteiger charge is 2.20. The molecule has 1 fully saturated rings. The van der Waals surface area contributed by atoms with Gasteiger partial charge in [0.2, 0.25) is 0 Å². The number of benzene rings is 2. The lowest BCUT2D eigenvalue weighted by atomic mass is 10.1. The van der Waals surface area contributed by atoms with E-state index < -0.39 is 0 Å². The number of fused-ring (bicyclic) bond motifs is 1. The van der Waals surface area contributed by atoms with Crippen LogP contribution >= 0.6 is 11.6 Å². The molecule has 1 aliphatic heterocycles. The Morgan fingerprint density at radius 1 is 1.21 bits per heavy atom. The number of morpholine rings is 1. The van der Waals surface area contributed by atoms with Gasteiger partial charge in [-0.05, 0) is 24.1 Å². The summed E-state index contributed by atoms with van der Waals surface area (Å²) in [5.74, 6) is -0.166. The minimum absolute atomic E-state index is 0.166. The summed E-state index contributed by atoms with van der Waals surface area (Å²) in [4.78, 5) is 15.2. The summed E-state index contributed by atoms with van der Waals surface area (Å²) >= 11 is 6.49. The van der Waals surface area contributed by atoms with Gasteiger partial charge in [-0.25, -0.2) is 0 Å². The number of carbonyl (C=O) groups excluding carboxylic acids is 1. The van der Waals surface area contributed by atoms with Gasteiger partial charge in [0.1, 0.15) is 5.69 Å². The molecule has 1 amide bonds. The van der Waals surface area contributed by atoms with Crippen LogP contribution in [-0.2, 0) is 24.9 Å². The standard InChI is InChI=1S/C23H26ClN3O2/c1-16-14-27(10-11-29-16)15-18-7-5-6-17(12-18)13-25-23(28)22-21(24)19-8-3-4-9-20(19)26(22)2/h3-9,12,16H,10-11,13-15H2,1-2H3,(H,25,28). The Labute approximate surface area is 176 Å². The molecule has 2 heterocycles. The maximum atomic E-state index is 12.8. The number of ether oxygens (including phenoxy) is 1. The normalized spacial score (nSPS) is 17.6. The van der Waals surface area contributed by atoms with Gasteiger partial charge >= 0.3 is 0 Å². The van der Waals surface area contributed by atoms with Crippen LogP contribution in [0.4, 0.5) is 0 Å². The molecule has 0 radical (unpaired) electrons. The third kappa shape index (κ3) is 4.32. The van der Waals surface area contributed by atoms with E-state index in [0.717, 1.165) is 42.7 Å². The molecule has 0 aliphatic carbocycles. The van der Waals surface area contributed by atoms with Gasteiger partial charge in [-0.15, -0.1) is 0 Å². The third-order valence-electron chi connectivity index (χ3n) is 5.44. The van der Waals surface area contributed by atoms with Crippen molar-refractivity contribution in [3.8, 4) is 0 Å². The van der Waals surface area contributed by atoms with E-state index in [1.54, 1.807) is 0 Å².